The maximum Gasteiger partial charge on any atom is 0.0932 e. The molecule has 0 amide bonds. The van der Waals surface area contributed by atoms with Crippen LogP contribution in [0.15, 0.2) is 24.7 Å². The molecule has 0 saturated heterocycles. The first kappa shape index (κ1) is 13.1. The number of unbranched alkanes of at least 4 members (excludes halogenated alkanes) is 6. The number of nitrogens with zero attached hydrogens (tertiary/aromatic N) is 2. The van der Waals surface area contributed by atoms with Gasteiger partial charge in [0, 0.05) is 25.6 Å². The van der Waals surface area contributed by atoms with E-state index in [9.17, 15) is 0 Å². The van der Waals surface area contributed by atoms with Crippen molar-refractivity contribution >= 4 is 0 Å². The second-order valence-electron chi connectivity index (χ2n) is 4.65. The quantitative estimate of drug-likeness (QED) is 0.574. The zero-order valence-electron chi connectivity index (χ0n) is 10.9. The molecule has 16 heavy (non-hydrogen) atoms. The molecule has 0 bridgehead atoms. The van der Waals surface area contributed by atoms with Gasteiger partial charge in [0.05, 0.1) is 6.67 Å². The average molecular weight is 222 g/mol. The molecule has 1 aliphatic rings. The van der Waals surface area contributed by atoms with Crippen LogP contribution in [0.5, 0.6) is 0 Å². The molecule has 2 nitrogen and oxygen atoms in total. The van der Waals surface area contributed by atoms with Gasteiger partial charge in [0.2, 0.25) is 0 Å². The maximum atomic E-state index is 2.29. The van der Waals surface area contributed by atoms with Crippen LogP contribution in [0.4, 0.5) is 0 Å². The van der Waals surface area contributed by atoms with Crippen LogP contribution in [0.2, 0.25) is 0 Å². The molecule has 0 aromatic carbocycles. The van der Waals surface area contributed by atoms with E-state index in [1.54, 1.807) is 0 Å². The molecular formula is C14H26N2. The van der Waals surface area contributed by atoms with Crippen molar-refractivity contribution in [2.45, 2.75) is 51.9 Å². The fraction of sp³-hybridized carbons (Fsp3) is 0.714. The topological polar surface area (TPSA) is 6.48 Å². The van der Waals surface area contributed by atoms with Gasteiger partial charge in [-0.1, -0.05) is 45.1 Å². The fourth-order valence-corrected chi connectivity index (χ4v) is 1.90. The third-order valence-electron chi connectivity index (χ3n) is 2.92. The molecule has 2 heteroatoms. The van der Waals surface area contributed by atoms with Gasteiger partial charge in [0.25, 0.3) is 0 Å². The second-order valence-corrected chi connectivity index (χ2v) is 4.65. The SMILES string of the molecule is CCCCCCCCC=CN1C=CN(C)C1. The number of allylic oxidation sites excluding steroid dienone is 1. The molecule has 0 saturated carbocycles. The van der Waals surface area contributed by atoms with Crippen molar-refractivity contribution < 1.29 is 0 Å². The van der Waals surface area contributed by atoms with Gasteiger partial charge >= 0.3 is 0 Å². The third-order valence-corrected chi connectivity index (χ3v) is 2.92. The highest BCUT2D eigenvalue weighted by Crippen LogP contribution is 2.08. The molecule has 1 aliphatic heterocycles. The van der Waals surface area contributed by atoms with Gasteiger partial charge in [-0.3, -0.25) is 0 Å². The second kappa shape index (κ2) is 8.26. The number of hydrogen-bond donors (Lipinski definition) is 0. The minimum atomic E-state index is 0.993. The summed E-state index contributed by atoms with van der Waals surface area (Å²) in [7, 11) is 2.10. The Hall–Kier alpha value is -0.920. The normalized spacial score (nSPS) is 15.6. The standard InChI is InChI=1S/C14H26N2/c1-3-4-5-6-7-8-9-10-11-16-13-12-15(2)14-16/h10-13H,3-9,14H2,1-2H3. The van der Waals surface area contributed by atoms with E-state index < -0.39 is 0 Å². The molecule has 0 aromatic heterocycles. The van der Waals surface area contributed by atoms with Crippen molar-refractivity contribution in [1.29, 1.82) is 0 Å². The van der Waals surface area contributed by atoms with Crippen molar-refractivity contribution in [3.8, 4) is 0 Å². The highest BCUT2D eigenvalue weighted by molar-refractivity contribution is 4.96. The summed E-state index contributed by atoms with van der Waals surface area (Å²) in [5.41, 5.74) is 0. The first-order valence-electron chi connectivity index (χ1n) is 6.64. The molecule has 1 heterocycles. The van der Waals surface area contributed by atoms with Crippen LogP contribution in [0.25, 0.3) is 0 Å². The van der Waals surface area contributed by atoms with Gasteiger partial charge < -0.3 is 9.80 Å². The van der Waals surface area contributed by atoms with E-state index in [2.05, 4.69) is 48.4 Å². The highest BCUT2D eigenvalue weighted by atomic mass is 15.3. The van der Waals surface area contributed by atoms with Crippen LogP contribution in [0, 0.1) is 0 Å². The van der Waals surface area contributed by atoms with Crippen LogP contribution in [-0.4, -0.2) is 23.5 Å². The van der Waals surface area contributed by atoms with Gasteiger partial charge in [0.1, 0.15) is 0 Å². The molecule has 0 aliphatic carbocycles. The fourth-order valence-electron chi connectivity index (χ4n) is 1.90. The Morgan fingerprint density at radius 3 is 2.50 bits per heavy atom. The van der Waals surface area contributed by atoms with E-state index in [4.69, 9.17) is 0 Å². The van der Waals surface area contributed by atoms with E-state index in [-0.39, 0.29) is 0 Å². The average Bonchev–Trinajstić information content (AvgIpc) is 2.68. The van der Waals surface area contributed by atoms with Gasteiger partial charge in [-0.25, -0.2) is 0 Å². The molecule has 0 aromatic rings. The summed E-state index contributed by atoms with van der Waals surface area (Å²) >= 11 is 0. The van der Waals surface area contributed by atoms with Crippen LogP contribution in [-0.2, 0) is 0 Å². The summed E-state index contributed by atoms with van der Waals surface area (Å²) in [4.78, 5) is 4.40. The van der Waals surface area contributed by atoms with Gasteiger partial charge in [0.15, 0.2) is 0 Å². The summed E-state index contributed by atoms with van der Waals surface area (Å²) in [6.07, 6.45) is 18.2. The Kier molecular flexibility index (Phi) is 6.78. The lowest BCUT2D eigenvalue weighted by Gasteiger charge is -2.12. The van der Waals surface area contributed by atoms with E-state index in [0.717, 1.165) is 6.67 Å². The van der Waals surface area contributed by atoms with E-state index in [1.807, 2.05) is 0 Å². The zero-order valence-corrected chi connectivity index (χ0v) is 10.9. The minimum absolute atomic E-state index is 0.993. The minimum Gasteiger partial charge on any atom is -0.361 e. The largest absolute Gasteiger partial charge is 0.361 e. The van der Waals surface area contributed by atoms with Crippen molar-refractivity contribution in [3.63, 3.8) is 0 Å². The maximum absolute atomic E-state index is 2.29. The molecule has 0 spiro atoms. The van der Waals surface area contributed by atoms with Crippen molar-refractivity contribution in [1.82, 2.24) is 9.80 Å². The first-order valence-corrected chi connectivity index (χ1v) is 6.64. The number of rotatable bonds is 8. The van der Waals surface area contributed by atoms with Crippen LogP contribution >= 0.6 is 0 Å². The Labute approximate surface area is 101 Å². The van der Waals surface area contributed by atoms with Crippen LogP contribution in [0.1, 0.15) is 51.9 Å². The Bertz CT molecular complexity index is 221. The molecule has 0 fully saturated rings. The Morgan fingerprint density at radius 2 is 1.81 bits per heavy atom. The molecule has 1 rings (SSSR count). The Balaban J connectivity index is 1.91. The molecule has 0 N–H and O–H groups in total. The molecule has 92 valence electrons. The monoisotopic (exact) mass is 222 g/mol. The highest BCUT2D eigenvalue weighted by Gasteiger charge is 2.03. The van der Waals surface area contributed by atoms with Crippen molar-refractivity contribution in [2.75, 3.05) is 13.7 Å². The lowest BCUT2D eigenvalue weighted by Crippen LogP contribution is -2.17. The smallest absolute Gasteiger partial charge is 0.0932 e. The summed E-state index contributed by atoms with van der Waals surface area (Å²) in [6, 6.07) is 0. The van der Waals surface area contributed by atoms with Crippen LogP contribution < -0.4 is 0 Å². The predicted molar refractivity (Wildman–Crippen MR) is 70.7 cm³/mol. The number of hydrogen-bond acceptors (Lipinski definition) is 2. The van der Waals surface area contributed by atoms with Gasteiger partial charge in [-0.05, 0) is 12.8 Å². The van der Waals surface area contributed by atoms with Gasteiger partial charge in [-0.2, -0.15) is 0 Å². The molecule has 0 radical (unpaired) electrons. The summed E-state index contributed by atoms with van der Waals surface area (Å²) < 4.78 is 0. The summed E-state index contributed by atoms with van der Waals surface area (Å²) in [6.45, 7) is 3.26. The predicted octanol–water partition coefficient (Wildman–Crippen LogP) is 3.93. The van der Waals surface area contributed by atoms with E-state index in [1.165, 1.54) is 44.9 Å². The zero-order chi connectivity index (χ0) is 11.6. The van der Waals surface area contributed by atoms with E-state index in [0.29, 0.717) is 0 Å². The third kappa shape index (κ3) is 5.84. The van der Waals surface area contributed by atoms with Crippen LogP contribution in [0.3, 0.4) is 0 Å². The van der Waals surface area contributed by atoms with Gasteiger partial charge in [-0.15, -0.1) is 0 Å². The molecule has 0 unspecified atom stereocenters. The van der Waals surface area contributed by atoms with Crippen molar-refractivity contribution in [3.05, 3.63) is 24.7 Å². The summed E-state index contributed by atoms with van der Waals surface area (Å²) in [5, 5.41) is 0. The van der Waals surface area contributed by atoms with Crippen molar-refractivity contribution in [2.24, 2.45) is 0 Å². The Morgan fingerprint density at radius 1 is 1.06 bits per heavy atom. The first-order chi connectivity index (χ1) is 7.83. The lowest BCUT2D eigenvalue weighted by atomic mass is 10.1. The van der Waals surface area contributed by atoms with E-state index >= 15 is 0 Å². The summed E-state index contributed by atoms with van der Waals surface area (Å²) in [5.74, 6) is 0. The molecular weight excluding hydrogens is 196 g/mol. The molecule has 0 atom stereocenters. The lowest BCUT2D eigenvalue weighted by molar-refractivity contribution is 0.363.